The largest absolute Gasteiger partial charge is 0.482 e. The zero-order chi connectivity index (χ0) is 18.5. The van der Waals surface area contributed by atoms with E-state index < -0.39 is 5.97 Å². The Hall–Kier alpha value is -3.34. The minimum atomic E-state index is -0.480. The van der Waals surface area contributed by atoms with Gasteiger partial charge in [0.2, 0.25) is 0 Å². The maximum Gasteiger partial charge on any atom is 0.344 e. The molecule has 0 spiro atoms. The van der Waals surface area contributed by atoms with Crippen molar-refractivity contribution in [3.8, 4) is 16.9 Å². The summed E-state index contributed by atoms with van der Waals surface area (Å²) in [5, 5.41) is 0.750. The number of hydrogen-bond acceptors (Lipinski definition) is 5. The van der Waals surface area contributed by atoms with Crippen molar-refractivity contribution in [1.82, 2.24) is 0 Å². The summed E-state index contributed by atoms with van der Waals surface area (Å²) in [7, 11) is 0. The van der Waals surface area contributed by atoms with Crippen LogP contribution in [0.3, 0.4) is 0 Å². The molecule has 2 aromatic carbocycles. The molecule has 1 heterocycles. The van der Waals surface area contributed by atoms with Gasteiger partial charge in [-0.3, -0.25) is 0 Å². The van der Waals surface area contributed by atoms with Gasteiger partial charge in [-0.15, -0.1) is 0 Å². The van der Waals surface area contributed by atoms with Gasteiger partial charge in [-0.25, -0.2) is 9.59 Å². The first kappa shape index (κ1) is 17.5. The van der Waals surface area contributed by atoms with Crippen LogP contribution in [-0.4, -0.2) is 19.2 Å². The fraction of sp³-hybridized carbons (Fsp3) is 0.143. The number of aryl methyl sites for hydroxylation is 1. The molecular formula is C21H18O5. The fourth-order valence-electron chi connectivity index (χ4n) is 2.69. The first-order chi connectivity index (χ1) is 12.6. The molecule has 0 radical (unpaired) electrons. The smallest absolute Gasteiger partial charge is 0.344 e. The Bertz CT molecular complexity index is 1000. The molecule has 0 N–H and O–H groups in total. The lowest BCUT2D eigenvalue weighted by Gasteiger charge is -2.10. The number of fused-ring (bicyclic) bond motifs is 1. The number of carbonyl (C=O) groups is 1. The molecule has 3 aromatic rings. The van der Waals surface area contributed by atoms with Gasteiger partial charge in [0.05, 0.1) is 5.56 Å². The van der Waals surface area contributed by atoms with E-state index in [1.165, 1.54) is 6.08 Å². The Morgan fingerprint density at radius 3 is 2.69 bits per heavy atom. The minimum Gasteiger partial charge on any atom is -0.482 e. The molecule has 0 amide bonds. The van der Waals surface area contributed by atoms with E-state index >= 15 is 0 Å². The van der Waals surface area contributed by atoms with Crippen LogP contribution in [0.5, 0.6) is 5.75 Å². The van der Waals surface area contributed by atoms with Crippen LogP contribution < -0.4 is 10.4 Å². The zero-order valence-corrected chi connectivity index (χ0v) is 14.4. The molecule has 5 nitrogen and oxygen atoms in total. The average molecular weight is 350 g/mol. The van der Waals surface area contributed by atoms with Crippen LogP contribution in [0.15, 0.2) is 70.4 Å². The molecule has 3 rings (SSSR count). The van der Waals surface area contributed by atoms with Gasteiger partial charge >= 0.3 is 11.6 Å². The molecule has 5 heteroatoms. The summed E-state index contributed by atoms with van der Waals surface area (Å²) in [5.74, 6) is 0.00954. The third-order valence-corrected chi connectivity index (χ3v) is 3.92. The van der Waals surface area contributed by atoms with Crippen molar-refractivity contribution in [2.24, 2.45) is 0 Å². The summed E-state index contributed by atoms with van der Waals surface area (Å²) < 4.78 is 15.8. The van der Waals surface area contributed by atoms with Crippen LogP contribution in [-0.2, 0) is 9.53 Å². The highest BCUT2D eigenvalue weighted by molar-refractivity contribution is 5.87. The maximum absolute atomic E-state index is 12.4. The molecule has 0 unspecified atom stereocenters. The number of carbonyl (C=O) groups excluding carboxylic acids is 1. The van der Waals surface area contributed by atoms with Gasteiger partial charge < -0.3 is 13.9 Å². The van der Waals surface area contributed by atoms with Crippen LogP contribution in [0.4, 0.5) is 0 Å². The van der Waals surface area contributed by atoms with Crippen molar-refractivity contribution in [3.63, 3.8) is 0 Å². The first-order valence-electron chi connectivity index (χ1n) is 8.12. The normalized spacial score (nSPS) is 10.5. The summed E-state index contributed by atoms with van der Waals surface area (Å²) >= 11 is 0. The van der Waals surface area contributed by atoms with Crippen LogP contribution in [0, 0.1) is 6.92 Å². The van der Waals surface area contributed by atoms with Gasteiger partial charge in [0.15, 0.2) is 6.61 Å². The lowest BCUT2D eigenvalue weighted by molar-refractivity contribution is -0.144. The Morgan fingerprint density at radius 1 is 1.19 bits per heavy atom. The molecule has 132 valence electrons. The van der Waals surface area contributed by atoms with Crippen LogP contribution in [0.2, 0.25) is 0 Å². The van der Waals surface area contributed by atoms with E-state index in [9.17, 15) is 9.59 Å². The van der Waals surface area contributed by atoms with Crippen molar-refractivity contribution in [2.45, 2.75) is 6.92 Å². The summed E-state index contributed by atoms with van der Waals surface area (Å²) in [5.41, 5.74) is 2.18. The molecule has 0 bridgehead atoms. The number of esters is 1. The average Bonchev–Trinajstić information content (AvgIpc) is 2.66. The van der Waals surface area contributed by atoms with E-state index in [4.69, 9.17) is 13.9 Å². The van der Waals surface area contributed by atoms with Crippen molar-refractivity contribution in [2.75, 3.05) is 13.2 Å². The summed E-state index contributed by atoms with van der Waals surface area (Å²) in [4.78, 5) is 23.9. The topological polar surface area (TPSA) is 65.7 Å². The Labute approximate surface area is 150 Å². The van der Waals surface area contributed by atoms with E-state index in [2.05, 4.69) is 6.58 Å². The lowest BCUT2D eigenvalue weighted by atomic mass is 9.99. The van der Waals surface area contributed by atoms with Crippen molar-refractivity contribution >= 4 is 16.9 Å². The molecule has 0 fully saturated rings. The highest BCUT2D eigenvalue weighted by Gasteiger charge is 2.14. The van der Waals surface area contributed by atoms with E-state index in [1.807, 2.05) is 37.3 Å². The Kier molecular flexibility index (Phi) is 5.17. The number of ether oxygens (including phenoxy) is 2. The SMILES string of the molecule is C=CCOC(=O)COc1ccc2oc(=O)c(-c3ccccc3)c(C)c2c1. The summed E-state index contributed by atoms with van der Waals surface area (Å²) in [6.45, 7) is 5.28. The first-order valence-corrected chi connectivity index (χ1v) is 8.12. The Morgan fingerprint density at radius 2 is 1.96 bits per heavy atom. The highest BCUT2D eigenvalue weighted by Crippen LogP contribution is 2.29. The molecule has 0 saturated carbocycles. The molecule has 0 aliphatic rings. The molecule has 0 saturated heterocycles. The van der Waals surface area contributed by atoms with E-state index in [0.717, 1.165) is 16.5 Å². The second-order valence-electron chi connectivity index (χ2n) is 5.67. The van der Waals surface area contributed by atoms with E-state index in [1.54, 1.807) is 18.2 Å². The predicted octanol–water partition coefficient (Wildman–Crippen LogP) is 3.88. The lowest BCUT2D eigenvalue weighted by Crippen LogP contribution is -2.14. The number of benzene rings is 2. The van der Waals surface area contributed by atoms with E-state index in [-0.39, 0.29) is 18.8 Å². The molecule has 26 heavy (non-hydrogen) atoms. The van der Waals surface area contributed by atoms with Crippen molar-refractivity contribution < 1.29 is 18.7 Å². The second kappa shape index (κ2) is 7.70. The maximum atomic E-state index is 12.4. The van der Waals surface area contributed by atoms with Crippen molar-refractivity contribution in [1.29, 1.82) is 0 Å². The molecule has 0 aliphatic carbocycles. The van der Waals surface area contributed by atoms with Crippen LogP contribution in [0.1, 0.15) is 5.56 Å². The van der Waals surface area contributed by atoms with Gasteiger partial charge in [0, 0.05) is 5.39 Å². The fourth-order valence-corrected chi connectivity index (χ4v) is 2.69. The van der Waals surface area contributed by atoms with Crippen molar-refractivity contribution in [3.05, 3.63) is 77.2 Å². The minimum absolute atomic E-state index is 0.143. The van der Waals surface area contributed by atoms with Crippen LogP contribution in [0.25, 0.3) is 22.1 Å². The quantitative estimate of drug-likeness (QED) is 0.383. The molecular weight excluding hydrogens is 332 g/mol. The monoisotopic (exact) mass is 350 g/mol. The van der Waals surface area contributed by atoms with Crippen LogP contribution >= 0.6 is 0 Å². The predicted molar refractivity (Wildman–Crippen MR) is 99.3 cm³/mol. The highest BCUT2D eigenvalue weighted by atomic mass is 16.6. The molecule has 1 aromatic heterocycles. The van der Waals surface area contributed by atoms with Gasteiger partial charge in [-0.05, 0) is 36.2 Å². The van der Waals surface area contributed by atoms with Gasteiger partial charge in [-0.2, -0.15) is 0 Å². The Balaban J connectivity index is 1.95. The third-order valence-electron chi connectivity index (χ3n) is 3.92. The molecule has 0 aliphatic heterocycles. The van der Waals surface area contributed by atoms with Gasteiger partial charge in [0.25, 0.3) is 0 Å². The van der Waals surface area contributed by atoms with Gasteiger partial charge in [-0.1, -0.05) is 43.0 Å². The van der Waals surface area contributed by atoms with E-state index in [0.29, 0.717) is 16.9 Å². The zero-order valence-electron chi connectivity index (χ0n) is 14.4. The second-order valence-corrected chi connectivity index (χ2v) is 5.67. The molecule has 0 atom stereocenters. The standard InChI is InChI=1S/C21H18O5/c1-3-11-24-19(22)13-25-16-9-10-18-17(12-16)14(2)20(21(23)26-18)15-7-5-4-6-8-15/h3-10,12H,1,11,13H2,2H3. The summed E-state index contributed by atoms with van der Waals surface area (Å²) in [6.07, 6.45) is 1.49. The number of hydrogen-bond donors (Lipinski definition) is 0. The van der Waals surface area contributed by atoms with Gasteiger partial charge in [0.1, 0.15) is 17.9 Å². The number of rotatable bonds is 6. The summed E-state index contributed by atoms with van der Waals surface area (Å²) in [6, 6.07) is 14.4. The third kappa shape index (κ3) is 3.67.